The second-order valence-corrected chi connectivity index (χ2v) is 6.13. The lowest BCUT2D eigenvalue weighted by molar-refractivity contribution is 0.276. The number of hydrogen-bond donors (Lipinski definition) is 1. The first-order valence-corrected chi connectivity index (χ1v) is 7.61. The zero-order valence-electron chi connectivity index (χ0n) is 11.0. The van der Waals surface area contributed by atoms with E-state index in [0.717, 1.165) is 12.1 Å². The van der Waals surface area contributed by atoms with Gasteiger partial charge in [0.1, 0.15) is 0 Å². The van der Waals surface area contributed by atoms with Crippen molar-refractivity contribution in [2.75, 3.05) is 39.3 Å². The van der Waals surface area contributed by atoms with Crippen LogP contribution in [0, 0.1) is 0 Å². The van der Waals surface area contributed by atoms with E-state index in [0.29, 0.717) is 0 Å². The lowest BCUT2D eigenvalue weighted by atomic mass is 10.2. The van der Waals surface area contributed by atoms with Crippen LogP contribution in [0.25, 0.3) is 0 Å². The summed E-state index contributed by atoms with van der Waals surface area (Å²) in [5.41, 5.74) is 0. The maximum absolute atomic E-state index is 3.76. The molecule has 1 unspecified atom stereocenters. The Morgan fingerprint density at radius 1 is 0.824 bits per heavy atom. The normalized spacial score (nSPS) is 31.4. The standard InChI is InChI=1S/C14H27N3/c1-2-8-16(7-1)9-3-10-17-11-6-14(12-17)15-13-4-5-13/h13-15H,1-12H2. The van der Waals surface area contributed by atoms with Gasteiger partial charge < -0.3 is 15.1 Å². The molecule has 0 bridgehead atoms. The van der Waals surface area contributed by atoms with Crippen LogP contribution < -0.4 is 5.32 Å². The number of nitrogens with zero attached hydrogens (tertiary/aromatic N) is 2. The molecule has 0 amide bonds. The molecule has 3 heteroatoms. The molecule has 2 heterocycles. The Labute approximate surface area is 106 Å². The summed E-state index contributed by atoms with van der Waals surface area (Å²) in [5.74, 6) is 0. The molecule has 0 aromatic carbocycles. The fraction of sp³-hybridized carbons (Fsp3) is 1.00. The Balaban J connectivity index is 1.27. The number of hydrogen-bond acceptors (Lipinski definition) is 3. The molecule has 3 aliphatic rings. The Morgan fingerprint density at radius 2 is 1.59 bits per heavy atom. The first-order chi connectivity index (χ1) is 8.40. The lowest BCUT2D eigenvalue weighted by Crippen LogP contribution is -2.34. The summed E-state index contributed by atoms with van der Waals surface area (Å²) in [4.78, 5) is 5.30. The van der Waals surface area contributed by atoms with E-state index >= 15 is 0 Å². The molecule has 0 aromatic rings. The van der Waals surface area contributed by atoms with E-state index in [2.05, 4.69) is 15.1 Å². The van der Waals surface area contributed by atoms with E-state index in [-0.39, 0.29) is 0 Å². The molecular weight excluding hydrogens is 210 g/mol. The van der Waals surface area contributed by atoms with E-state index in [1.165, 1.54) is 77.8 Å². The number of rotatable bonds is 6. The van der Waals surface area contributed by atoms with Crippen molar-refractivity contribution in [1.29, 1.82) is 0 Å². The summed E-state index contributed by atoms with van der Waals surface area (Å²) in [6.07, 6.45) is 8.45. The Kier molecular flexibility index (Phi) is 3.99. The molecule has 3 nitrogen and oxygen atoms in total. The minimum atomic E-state index is 0.800. The molecule has 98 valence electrons. The van der Waals surface area contributed by atoms with E-state index in [4.69, 9.17) is 0 Å². The second-order valence-electron chi connectivity index (χ2n) is 6.13. The zero-order valence-corrected chi connectivity index (χ0v) is 11.0. The summed E-state index contributed by atoms with van der Waals surface area (Å²) in [6, 6.07) is 1.68. The molecule has 0 spiro atoms. The van der Waals surface area contributed by atoms with E-state index in [9.17, 15) is 0 Å². The quantitative estimate of drug-likeness (QED) is 0.751. The highest BCUT2D eigenvalue weighted by atomic mass is 15.2. The second kappa shape index (κ2) is 5.68. The summed E-state index contributed by atoms with van der Waals surface area (Å²) in [5, 5.41) is 3.76. The SMILES string of the molecule is C1CCN(CCCN2CCC(NC3CC3)C2)C1. The number of likely N-dealkylation sites (tertiary alicyclic amines) is 2. The highest BCUT2D eigenvalue weighted by Gasteiger charge is 2.28. The molecule has 1 N–H and O–H groups in total. The third-order valence-corrected chi connectivity index (χ3v) is 4.47. The van der Waals surface area contributed by atoms with Gasteiger partial charge in [-0.3, -0.25) is 0 Å². The van der Waals surface area contributed by atoms with Gasteiger partial charge in [-0.15, -0.1) is 0 Å². The molecule has 0 radical (unpaired) electrons. The van der Waals surface area contributed by atoms with Gasteiger partial charge in [0.15, 0.2) is 0 Å². The van der Waals surface area contributed by atoms with Crippen molar-refractivity contribution in [3.63, 3.8) is 0 Å². The van der Waals surface area contributed by atoms with Crippen LogP contribution >= 0.6 is 0 Å². The van der Waals surface area contributed by atoms with Gasteiger partial charge in [-0.1, -0.05) is 0 Å². The molecule has 2 saturated heterocycles. The van der Waals surface area contributed by atoms with Gasteiger partial charge in [-0.25, -0.2) is 0 Å². The van der Waals surface area contributed by atoms with Gasteiger partial charge in [0.2, 0.25) is 0 Å². The molecule has 2 aliphatic heterocycles. The van der Waals surface area contributed by atoms with Crippen LogP contribution in [0.4, 0.5) is 0 Å². The average molecular weight is 237 g/mol. The van der Waals surface area contributed by atoms with Crippen molar-refractivity contribution in [2.45, 2.75) is 50.6 Å². The molecule has 3 fully saturated rings. The smallest absolute Gasteiger partial charge is 0.0209 e. The first kappa shape index (κ1) is 11.9. The largest absolute Gasteiger partial charge is 0.310 e. The van der Waals surface area contributed by atoms with Crippen LogP contribution in [-0.2, 0) is 0 Å². The Hall–Kier alpha value is -0.120. The zero-order chi connectivity index (χ0) is 11.5. The maximum Gasteiger partial charge on any atom is 0.0209 e. The van der Waals surface area contributed by atoms with Crippen molar-refractivity contribution < 1.29 is 0 Å². The highest BCUT2D eigenvalue weighted by Crippen LogP contribution is 2.22. The van der Waals surface area contributed by atoms with Crippen LogP contribution in [0.5, 0.6) is 0 Å². The van der Waals surface area contributed by atoms with E-state index in [1.807, 2.05) is 0 Å². The van der Waals surface area contributed by atoms with Gasteiger partial charge in [0, 0.05) is 18.6 Å². The topological polar surface area (TPSA) is 18.5 Å². The van der Waals surface area contributed by atoms with Gasteiger partial charge in [0.25, 0.3) is 0 Å². The third kappa shape index (κ3) is 3.67. The average Bonchev–Trinajstić information content (AvgIpc) is 2.80. The van der Waals surface area contributed by atoms with Crippen LogP contribution in [-0.4, -0.2) is 61.2 Å². The van der Waals surface area contributed by atoms with E-state index < -0.39 is 0 Å². The number of nitrogens with one attached hydrogen (secondary N) is 1. The first-order valence-electron chi connectivity index (χ1n) is 7.61. The molecule has 1 atom stereocenters. The van der Waals surface area contributed by atoms with Crippen molar-refractivity contribution in [3.8, 4) is 0 Å². The van der Waals surface area contributed by atoms with E-state index in [1.54, 1.807) is 0 Å². The molecular formula is C14H27N3. The molecule has 3 rings (SSSR count). The molecule has 17 heavy (non-hydrogen) atoms. The molecule has 0 aromatic heterocycles. The van der Waals surface area contributed by atoms with Crippen molar-refractivity contribution in [2.24, 2.45) is 0 Å². The third-order valence-electron chi connectivity index (χ3n) is 4.47. The fourth-order valence-corrected chi connectivity index (χ4v) is 3.28. The van der Waals surface area contributed by atoms with Crippen LogP contribution in [0.15, 0.2) is 0 Å². The predicted octanol–water partition coefficient (Wildman–Crippen LogP) is 1.30. The minimum absolute atomic E-state index is 0.800. The fourth-order valence-electron chi connectivity index (χ4n) is 3.28. The lowest BCUT2D eigenvalue weighted by Gasteiger charge is -2.19. The van der Waals surface area contributed by atoms with Crippen molar-refractivity contribution in [3.05, 3.63) is 0 Å². The van der Waals surface area contributed by atoms with Crippen molar-refractivity contribution >= 4 is 0 Å². The predicted molar refractivity (Wildman–Crippen MR) is 71.3 cm³/mol. The maximum atomic E-state index is 3.76. The summed E-state index contributed by atoms with van der Waals surface area (Å²) < 4.78 is 0. The molecule has 1 aliphatic carbocycles. The Morgan fingerprint density at radius 3 is 2.35 bits per heavy atom. The summed E-state index contributed by atoms with van der Waals surface area (Å²) >= 11 is 0. The van der Waals surface area contributed by atoms with Crippen molar-refractivity contribution in [1.82, 2.24) is 15.1 Å². The van der Waals surface area contributed by atoms with Crippen LogP contribution in [0.3, 0.4) is 0 Å². The van der Waals surface area contributed by atoms with Gasteiger partial charge >= 0.3 is 0 Å². The highest BCUT2D eigenvalue weighted by molar-refractivity contribution is 4.89. The minimum Gasteiger partial charge on any atom is -0.310 e. The molecule has 1 saturated carbocycles. The summed E-state index contributed by atoms with van der Waals surface area (Å²) in [6.45, 7) is 7.98. The monoisotopic (exact) mass is 237 g/mol. The van der Waals surface area contributed by atoms with Crippen LogP contribution in [0.2, 0.25) is 0 Å². The summed E-state index contributed by atoms with van der Waals surface area (Å²) in [7, 11) is 0. The van der Waals surface area contributed by atoms with Crippen LogP contribution in [0.1, 0.15) is 38.5 Å². The van der Waals surface area contributed by atoms with Gasteiger partial charge in [0.05, 0.1) is 0 Å². The Bertz CT molecular complexity index is 234. The van der Waals surface area contributed by atoms with Gasteiger partial charge in [-0.2, -0.15) is 0 Å². The van der Waals surface area contributed by atoms with Gasteiger partial charge in [-0.05, 0) is 71.2 Å².